The zero-order valence-corrected chi connectivity index (χ0v) is 14.3. The van der Waals surface area contributed by atoms with Crippen LogP contribution in [-0.4, -0.2) is 33.9 Å². The smallest absolute Gasteiger partial charge is 0.228 e. The molecule has 3 aliphatic rings. The molecular formula is C20H22N4O. The van der Waals surface area contributed by atoms with Crippen molar-refractivity contribution < 1.29 is 4.79 Å². The van der Waals surface area contributed by atoms with Gasteiger partial charge in [0.05, 0.1) is 17.8 Å². The van der Waals surface area contributed by atoms with E-state index in [-0.39, 0.29) is 5.92 Å². The molecule has 2 aliphatic heterocycles. The van der Waals surface area contributed by atoms with Crippen molar-refractivity contribution in [2.75, 3.05) is 18.0 Å². The fraction of sp³-hybridized carbons (Fsp3) is 0.450. The highest BCUT2D eigenvalue weighted by molar-refractivity contribution is 5.81. The molecule has 25 heavy (non-hydrogen) atoms. The molecule has 5 rings (SSSR count). The van der Waals surface area contributed by atoms with Crippen molar-refractivity contribution in [1.82, 2.24) is 14.9 Å². The minimum absolute atomic E-state index is 0.0931. The minimum Gasteiger partial charge on any atom is -0.369 e. The number of fused-ring (bicyclic) bond motifs is 3. The number of anilines is 1. The Hall–Kier alpha value is -2.43. The molecule has 2 aromatic rings. The van der Waals surface area contributed by atoms with Gasteiger partial charge in [-0.15, -0.1) is 0 Å². The van der Waals surface area contributed by atoms with E-state index in [9.17, 15) is 4.79 Å². The molecule has 1 amide bonds. The Labute approximate surface area is 147 Å². The SMILES string of the molecule is O=C([C@@H]1CCN(c2cccnc2)C1)N1Cc2cnc3c(c2C1)CCC3. The molecular weight excluding hydrogens is 312 g/mol. The van der Waals surface area contributed by atoms with Gasteiger partial charge in [0.1, 0.15) is 0 Å². The number of hydrogen-bond donors (Lipinski definition) is 0. The minimum atomic E-state index is 0.0931. The van der Waals surface area contributed by atoms with E-state index in [4.69, 9.17) is 0 Å². The summed E-state index contributed by atoms with van der Waals surface area (Å²) in [4.78, 5) is 26.2. The third kappa shape index (κ3) is 2.49. The first-order valence-corrected chi connectivity index (χ1v) is 9.22. The lowest BCUT2D eigenvalue weighted by atomic mass is 10.1. The van der Waals surface area contributed by atoms with Gasteiger partial charge in [-0.1, -0.05) is 0 Å². The molecule has 0 saturated carbocycles. The molecule has 0 N–H and O–H groups in total. The van der Waals surface area contributed by atoms with E-state index >= 15 is 0 Å². The van der Waals surface area contributed by atoms with Gasteiger partial charge >= 0.3 is 0 Å². The van der Waals surface area contributed by atoms with E-state index in [0.29, 0.717) is 5.91 Å². The largest absolute Gasteiger partial charge is 0.369 e. The number of nitrogens with zero attached hydrogens (tertiary/aromatic N) is 4. The second-order valence-electron chi connectivity index (χ2n) is 7.38. The Kier molecular flexibility index (Phi) is 3.47. The average molecular weight is 334 g/mol. The predicted molar refractivity (Wildman–Crippen MR) is 95.1 cm³/mol. The van der Waals surface area contributed by atoms with E-state index in [1.807, 2.05) is 23.4 Å². The maximum Gasteiger partial charge on any atom is 0.228 e. The van der Waals surface area contributed by atoms with Gasteiger partial charge in [-0.2, -0.15) is 0 Å². The van der Waals surface area contributed by atoms with Crippen LogP contribution in [0.25, 0.3) is 0 Å². The summed E-state index contributed by atoms with van der Waals surface area (Å²) >= 11 is 0. The number of carbonyl (C=O) groups excluding carboxylic acids is 1. The molecule has 128 valence electrons. The Balaban J connectivity index is 1.30. The molecule has 1 aliphatic carbocycles. The standard InChI is InChI=1S/C20H22N4O/c25-20(14-6-8-23(11-14)16-3-2-7-21-10-16)24-12-15-9-22-19-5-1-4-17(19)18(15)13-24/h2-3,7,9-10,14H,1,4-6,8,11-13H2/t14-/m1/s1. The average Bonchev–Trinajstić information content (AvgIpc) is 3.38. The lowest BCUT2D eigenvalue weighted by Gasteiger charge is -2.21. The van der Waals surface area contributed by atoms with Crippen molar-refractivity contribution in [2.45, 2.75) is 38.8 Å². The van der Waals surface area contributed by atoms with E-state index in [1.165, 1.54) is 28.8 Å². The van der Waals surface area contributed by atoms with Gasteiger partial charge in [-0.3, -0.25) is 14.8 Å². The van der Waals surface area contributed by atoms with Crippen LogP contribution in [0.3, 0.4) is 0 Å². The van der Waals surface area contributed by atoms with E-state index < -0.39 is 0 Å². The van der Waals surface area contributed by atoms with Crippen molar-refractivity contribution in [3.63, 3.8) is 0 Å². The molecule has 1 fully saturated rings. The van der Waals surface area contributed by atoms with Crippen LogP contribution in [0.1, 0.15) is 35.2 Å². The summed E-state index contributed by atoms with van der Waals surface area (Å²) in [5, 5.41) is 0. The summed E-state index contributed by atoms with van der Waals surface area (Å²) in [6.07, 6.45) is 10.0. The van der Waals surface area contributed by atoms with Crippen LogP contribution in [0, 0.1) is 5.92 Å². The maximum absolute atomic E-state index is 13.1. The van der Waals surface area contributed by atoms with Gasteiger partial charge in [-0.05, 0) is 54.5 Å². The van der Waals surface area contributed by atoms with Crippen LogP contribution in [0.15, 0.2) is 30.7 Å². The fourth-order valence-corrected chi connectivity index (χ4v) is 4.56. The zero-order chi connectivity index (χ0) is 16.8. The number of amides is 1. The first kappa shape index (κ1) is 14.9. The van der Waals surface area contributed by atoms with Gasteiger partial charge in [-0.25, -0.2) is 0 Å². The lowest BCUT2D eigenvalue weighted by Crippen LogP contribution is -2.33. The van der Waals surface area contributed by atoms with Crippen LogP contribution in [0.4, 0.5) is 5.69 Å². The van der Waals surface area contributed by atoms with Crippen LogP contribution in [-0.2, 0) is 30.7 Å². The number of pyridine rings is 2. The third-order valence-corrected chi connectivity index (χ3v) is 5.89. The van der Waals surface area contributed by atoms with Gasteiger partial charge in [0, 0.05) is 44.3 Å². The molecule has 0 unspecified atom stereocenters. The van der Waals surface area contributed by atoms with Gasteiger partial charge in [0.25, 0.3) is 0 Å². The van der Waals surface area contributed by atoms with Crippen LogP contribution >= 0.6 is 0 Å². The summed E-state index contributed by atoms with van der Waals surface area (Å²) in [6.45, 7) is 3.24. The molecule has 0 spiro atoms. The third-order valence-electron chi connectivity index (χ3n) is 5.89. The Morgan fingerprint density at radius 1 is 1.16 bits per heavy atom. The Morgan fingerprint density at radius 2 is 2.12 bits per heavy atom. The first-order chi connectivity index (χ1) is 12.3. The first-order valence-electron chi connectivity index (χ1n) is 9.22. The molecule has 0 bridgehead atoms. The van der Waals surface area contributed by atoms with Crippen LogP contribution in [0.5, 0.6) is 0 Å². The quantitative estimate of drug-likeness (QED) is 0.846. The predicted octanol–water partition coefficient (Wildman–Crippen LogP) is 2.33. The fourth-order valence-electron chi connectivity index (χ4n) is 4.56. The maximum atomic E-state index is 13.1. The van der Waals surface area contributed by atoms with Gasteiger partial charge in [0.15, 0.2) is 0 Å². The van der Waals surface area contributed by atoms with Crippen LogP contribution < -0.4 is 4.90 Å². The summed E-state index contributed by atoms with van der Waals surface area (Å²) in [6, 6.07) is 4.02. The van der Waals surface area contributed by atoms with Crippen molar-refractivity contribution in [3.8, 4) is 0 Å². The zero-order valence-electron chi connectivity index (χ0n) is 14.3. The monoisotopic (exact) mass is 334 g/mol. The highest BCUT2D eigenvalue weighted by atomic mass is 16.2. The van der Waals surface area contributed by atoms with Crippen molar-refractivity contribution in [1.29, 1.82) is 0 Å². The number of hydrogen-bond acceptors (Lipinski definition) is 4. The van der Waals surface area contributed by atoms with E-state index in [1.54, 1.807) is 6.20 Å². The molecule has 5 heteroatoms. The molecule has 0 radical (unpaired) electrons. The normalized spacial score (nSPS) is 21.5. The van der Waals surface area contributed by atoms with E-state index in [0.717, 1.165) is 51.1 Å². The van der Waals surface area contributed by atoms with Crippen molar-refractivity contribution in [3.05, 3.63) is 53.1 Å². The summed E-state index contributed by atoms with van der Waals surface area (Å²) in [7, 11) is 0. The highest BCUT2D eigenvalue weighted by Crippen LogP contribution is 2.33. The number of aryl methyl sites for hydroxylation is 1. The Bertz CT molecular complexity index is 820. The molecule has 4 heterocycles. The molecule has 1 atom stereocenters. The Morgan fingerprint density at radius 3 is 3.00 bits per heavy atom. The van der Waals surface area contributed by atoms with Crippen molar-refractivity contribution in [2.24, 2.45) is 5.92 Å². The number of aromatic nitrogens is 2. The highest BCUT2D eigenvalue weighted by Gasteiger charge is 2.35. The topological polar surface area (TPSA) is 49.3 Å². The lowest BCUT2D eigenvalue weighted by molar-refractivity contribution is -0.135. The molecule has 1 saturated heterocycles. The summed E-state index contributed by atoms with van der Waals surface area (Å²) < 4.78 is 0. The number of rotatable bonds is 2. The summed E-state index contributed by atoms with van der Waals surface area (Å²) in [5.41, 5.74) is 6.45. The number of carbonyl (C=O) groups is 1. The van der Waals surface area contributed by atoms with Gasteiger partial charge in [0.2, 0.25) is 5.91 Å². The second-order valence-corrected chi connectivity index (χ2v) is 7.38. The molecule has 0 aromatic carbocycles. The molecule has 2 aromatic heterocycles. The summed E-state index contributed by atoms with van der Waals surface area (Å²) in [5.74, 6) is 0.393. The van der Waals surface area contributed by atoms with Crippen LogP contribution in [0.2, 0.25) is 0 Å². The molecule has 5 nitrogen and oxygen atoms in total. The van der Waals surface area contributed by atoms with E-state index in [2.05, 4.69) is 20.9 Å². The van der Waals surface area contributed by atoms with Crippen molar-refractivity contribution >= 4 is 11.6 Å². The van der Waals surface area contributed by atoms with Gasteiger partial charge < -0.3 is 9.80 Å². The second kappa shape index (κ2) is 5.83.